The van der Waals surface area contributed by atoms with Crippen molar-refractivity contribution in [3.63, 3.8) is 0 Å². The number of H-pyrrole nitrogens is 4. The molecule has 0 radical (unpaired) electrons. The first-order valence-corrected chi connectivity index (χ1v) is 3.11. The summed E-state index contributed by atoms with van der Waals surface area (Å²) in [6.45, 7) is 0. The van der Waals surface area contributed by atoms with Crippen LogP contribution < -0.4 is 16.9 Å². The first-order valence-electron chi connectivity index (χ1n) is 3.11. The Labute approximate surface area is 63.5 Å². The van der Waals surface area contributed by atoms with E-state index >= 15 is 0 Å². The quantitative estimate of drug-likeness (QED) is 0.372. The van der Waals surface area contributed by atoms with Crippen LogP contribution in [0.3, 0.4) is 0 Å². The van der Waals surface area contributed by atoms with E-state index in [1.807, 2.05) is 4.98 Å². The zero-order valence-electron chi connectivity index (χ0n) is 5.72. The summed E-state index contributed by atoms with van der Waals surface area (Å²) in [5.41, 5.74) is -1.65. The summed E-state index contributed by atoms with van der Waals surface area (Å²) in [4.78, 5) is 41.0. The molecule has 4 N–H and O–H groups in total. The molecule has 7 nitrogen and oxygen atoms in total. The first-order chi connectivity index (χ1) is 5.66. The number of hydrogen-bond acceptors (Lipinski definition) is 3. The predicted octanol–water partition coefficient (Wildman–Crippen LogP) is -1.77. The number of aromatic nitrogens is 4. The lowest BCUT2D eigenvalue weighted by molar-refractivity contribution is 1.07. The van der Waals surface area contributed by atoms with Crippen LogP contribution in [-0.4, -0.2) is 19.9 Å². The topological polar surface area (TPSA) is 114 Å². The zero-order valence-corrected chi connectivity index (χ0v) is 5.72. The Balaban J connectivity index is 3.18. The SMILES string of the molecule is O=c1[nH]c2[nH][11c](=O)[nH]c(=O)c2[nH]1. The van der Waals surface area contributed by atoms with Crippen molar-refractivity contribution in [2.24, 2.45) is 0 Å². The second-order valence-corrected chi connectivity index (χ2v) is 2.24. The van der Waals surface area contributed by atoms with Crippen molar-refractivity contribution in [2.45, 2.75) is 0 Å². The normalized spacial score (nSPS) is 10.7. The van der Waals surface area contributed by atoms with Gasteiger partial charge in [-0.25, -0.2) is 9.59 Å². The van der Waals surface area contributed by atoms with Crippen LogP contribution in [0.25, 0.3) is 11.2 Å². The van der Waals surface area contributed by atoms with Gasteiger partial charge < -0.3 is 0 Å². The maximum atomic E-state index is 10.9. The molecule has 2 aromatic rings. The highest BCUT2D eigenvalue weighted by Gasteiger charge is 2.02. The highest BCUT2D eigenvalue weighted by Crippen LogP contribution is 1.88. The predicted molar refractivity (Wildman–Crippen MR) is 40.2 cm³/mol. The molecule has 0 saturated carbocycles. The van der Waals surface area contributed by atoms with Crippen molar-refractivity contribution in [2.75, 3.05) is 0 Å². The molecular formula is C5H4N4O3. The molecule has 0 atom stereocenters. The van der Waals surface area contributed by atoms with Crippen molar-refractivity contribution in [3.8, 4) is 0 Å². The fourth-order valence-electron chi connectivity index (χ4n) is 0.958. The van der Waals surface area contributed by atoms with E-state index in [0.717, 1.165) is 0 Å². The number of imidazole rings is 1. The Morgan fingerprint density at radius 3 is 2.00 bits per heavy atom. The van der Waals surface area contributed by atoms with Gasteiger partial charge in [0.15, 0.2) is 0 Å². The maximum absolute atomic E-state index is 10.9. The lowest BCUT2D eigenvalue weighted by Gasteiger charge is -1.83. The van der Waals surface area contributed by atoms with E-state index in [1.54, 1.807) is 0 Å². The third-order valence-corrected chi connectivity index (χ3v) is 1.42. The summed E-state index contributed by atoms with van der Waals surface area (Å²) in [5, 5.41) is 0. The molecule has 0 aliphatic heterocycles. The molecule has 2 aromatic heterocycles. The Bertz CT molecular complexity index is 583. The van der Waals surface area contributed by atoms with Crippen LogP contribution in [0.4, 0.5) is 0 Å². The highest BCUT2D eigenvalue weighted by atomic mass is 16.1. The van der Waals surface area contributed by atoms with E-state index in [0.29, 0.717) is 0 Å². The standard InChI is InChI=1S/C5H4N4O3/c10-3-1-2(7-4(11)6-1)8-5(12)9-3/h(H4,6,7,8,9,10,11,12)/i5-1. The summed E-state index contributed by atoms with van der Waals surface area (Å²) in [5.74, 6) is 0. The van der Waals surface area contributed by atoms with Crippen molar-refractivity contribution in [3.05, 3.63) is 31.3 Å². The smallest absolute Gasteiger partial charge is 0.300 e. The number of fused-ring (bicyclic) bond motifs is 1. The van der Waals surface area contributed by atoms with Crippen molar-refractivity contribution < 1.29 is 0 Å². The van der Waals surface area contributed by atoms with Crippen LogP contribution in [0.15, 0.2) is 14.4 Å². The molecule has 0 aliphatic carbocycles. The molecule has 2 rings (SSSR count). The fourth-order valence-corrected chi connectivity index (χ4v) is 0.958. The van der Waals surface area contributed by atoms with E-state index in [9.17, 15) is 14.4 Å². The molecule has 7 heteroatoms. The van der Waals surface area contributed by atoms with Crippen LogP contribution in [0.5, 0.6) is 0 Å². The second-order valence-electron chi connectivity index (χ2n) is 2.24. The van der Waals surface area contributed by atoms with Gasteiger partial charge in [0, 0.05) is 0 Å². The molecule has 0 aliphatic rings. The number of aromatic amines is 4. The molecule has 0 aromatic carbocycles. The van der Waals surface area contributed by atoms with Gasteiger partial charge in [0.1, 0.15) is 11.2 Å². The van der Waals surface area contributed by atoms with E-state index in [4.69, 9.17) is 0 Å². The van der Waals surface area contributed by atoms with Crippen molar-refractivity contribution >= 4 is 11.2 Å². The van der Waals surface area contributed by atoms with Gasteiger partial charge in [-0.3, -0.25) is 24.7 Å². The summed E-state index contributed by atoms with van der Waals surface area (Å²) in [6.07, 6.45) is 0. The molecule has 0 unspecified atom stereocenters. The zero-order chi connectivity index (χ0) is 8.72. The molecule has 0 amide bonds. The van der Waals surface area contributed by atoms with E-state index in [2.05, 4.69) is 15.0 Å². The summed E-state index contributed by atoms with van der Waals surface area (Å²) in [7, 11) is 0. The van der Waals surface area contributed by atoms with Crippen LogP contribution in [-0.2, 0) is 0 Å². The van der Waals surface area contributed by atoms with Crippen molar-refractivity contribution in [1.82, 2.24) is 19.9 Å². The average Bonchev–Trinajstić information content (AvgIpc) is 2.29. The minimum Gasteiger partial charge on any atom is -0.300 e. The minimum absolute atomic E-state index is 0.0413. The van der Waals surface area contributed by atoms with Gasteiger partial charge in [-0.05, 0) is 0 Å². The van der Waals surface area contributed by atoms with Crippen LogP contribution in [0.1, 0.15) is 0 Å². The Kier molecular flexibility index (Phi) is 1.09. The Morgan fingerprint density at radius 1 is 0.750 bits per heavy atom. The molecule has 62 valence electrons. The molecular weight excluding hydrogens is 163 g/mol. The third-order valence-electron chi connectivity index (χ3n) is 1.42. The summed E-state index contributed by atoms with van der Waals surface area (Å²) >= 11 is 0. The number of rotatable bonds is 0. The van der Waals surface area contributed by atoms with Gasteiger partial charge in [0.05, 0.1) is 0 Å². The van der Waals surface area contributed by atoms with Gasteiger partial charge in [-0.2, -0.15) is 0 Å². The van der Waals surface area contributed by atoms with Gasteiger partial charge in [-0.1, -0.05) is 0 Å². The van der Waals surface area contributed by atoms with Gasteiger partial charge in [0.2, 0.25) is 0 Å². The monoisotopic (exact) mass is 167 g/mol. The number of nitrogens with one attached hydrogen (secondary N) is 4. The van der Waals surface area contributed by atoms with Crippen LogP contribution >= 0.6 is 0 Å². The van der Waals surface area contributed by atoms with Gasteiger partial charge >= 0.3 is 11.4 Å². The largest absolute Gasteiger partial charge is 0.327 e. The van der Waals surface area contributed by atoms with Crippen molar-refractivity contribution in [1.29, 1.82) is 0 Å². The maximum Gasteiger partial charge on any atom is 0.327 e. The van der Waals surface area contributed by atoms with Gasteiger partial charge in [0.25, 0.3) is 5.56 Å². The Hall–Kier alpha value is -2.05. The minimum atomic E-state index is -0.650. The fraction of sp³-hybridized carbons (Fsp3) is 0. The molecule has 2 heterocycles. The van der Waals surface area contributed by atoms with Gasteiger partial charge in [-0.15, -0.1) is 0 Å². The summed E-state index contributed by atoms with van der Waals surface area (Å²) < 4.78 is 0. The van der Waals surface area contributed by atoms with Crippen LogP contribution in [0.2, 0.25) is 0 Å². The second kappa shape index (κ2) is 1.97. The average molecular weight is 167 g/mol. The lowest BCUT2D eigenvalue weighted by Crippen LogP contribution is -2.21. The van der Waals surface area contributed by atoms with Crippen LogP contribution in [0, 0.1) is 0 Å². The molecule has 0 spiro atoms. The third kappa shape index (κ3) is 0.797. The first kappa shape index (κ1) is 6.65. The highest BCUT2D eigenvalue weighted by molar-refractivity contribution is 5.67. The van der Waals surface area contributed by atoms with E-state index < -0.39 is 16.9 Å². The van der Waals surface area contributed by atoms with E-state index in [-0.39, 0.29) is 11.2 Å². The Morgan fingerprint density at radius 2 is 1.33 bits per heavy atom. The van der Waals surface area contributed by atoms with E-state index in [1.165, 1.54) is 0 Å². The molecule has 12 heavy (non-hydrogen) atoms. The summed E-state index contributed by atoms with van der Waals surface area (Å²) in [6, 6.07) is 0. The molecule has 0 fully saturated rings. The molecule has 0 bridgehead atoms. The lowest BCUT2D eigenvalue weighted by atomic mass is 10.4. The molecule has 0 saturated heterocycles. The number of hydrogen-bond donors (Lipinski definition) is 4.